The molecular formula is C13H23N3O7. The van der Waals surface area contributed by atoms with E-state index in [0.717, 1.165) is 0 Å². The number of carboxylic acid groups (broad SMARTS) is 2. The SMILES string of the molecule is CC[C@H](C)[C@H](NC(=O)[C@H](CO)NC(=O)[C@@H](N)CC(=O)O)C(=O)O. The van der Waals surface area contributed by atoms with E-state index in [2.05, 4.69) is 10.6 Å². The average molecular weight is 333 g/mol. The number of nitrogens with two attached hydrogens (primary N) is 1. The number of nitrogens with one attached hydrogen (secondary N) is 2. The fourth-order valence-electron chi connectivity index (χ4n) is 1.69. The molecule has 0 fully saturated rings. The number of carbonyl (C=O) groups is 4. The quantitative estimate of drug-likeness (QED) is 0.262. The van der Waals surface area contributed by atoms with Crippen LogP contribution in [-0.4, -0.2) is 63.8 Å². The van der Waals surface area contributed by atoms with Crippen molar-refractivity contribution in [1.82, 2.24) is 10.6 Å². The molecule has 2 amide bonds. The predicted molar refractivity (Wildman–Crippen MR) is 78.3 cm³/mol. The lowest BCUT2D eigenvalue weighted by Gasteiger charge is -2.24. The first-order valence-corrected chi connectivity index (χ1v) is 7.05. The molecule has 0 saturated heterocycles. The molecule has 0 spiro atoms. The van der Waals surface area contributed by atoms with Gasteiger partial charge in [-0.3, -0.25) is 14.4 Å². The fourth-order valence-corrected chi connectivity index (χ4v) is 1.69. The standard InChI is InChI=1S/C13H23N3O7/c1-3-6(2)10(13(22)23)16-12(21)8(5-17)15-11(20)7(14)4-9(18)19/h6-8,10,17H,3-5,14H2,1-2H3,(H,15,20)(H,16,21)(H,18,19)(H,22,23)/t6-,7-,8-,10-/m0/s1. The second-order valence-corrected chi connectivity index (χ2v) is 5.16. The zero-order valence-electron chi connectivity index (χ0n) is 13.0. The molecule has 0 aromatic heterocycles. The van der Waals surface area contributed by atoms with Crippen molar-refractivity contribution in [1.29, 1.82) is 0 Å². The first-order chi connectivity index (χ1) is 10.6. The van der Waals surface area contributed by atoms with Crippen molar-refractivity contribution < 1.29 is 34.5 Å². The Morgan fingerprint density at radius 1 is 1.09 bits per heavy atom. The Hall–Kier alpha value is -2.20. The Morgan fingerprint density at radius 2 is 1.65 bits per heavy atom. The van der Waals surface area contributed by atoms with Gasteiger partial charge in [0.05, 0.1) is 19.1 Å². The Kier molecular flexibility index (Phi) is 8.81. The number of carbonyl (C=O) groups excluding carboxylic acids is 2. The number of carboxylic acids is 2. The van der Waals surface area contributed by atoms with Crippen molar-refractivity contribution in [3.8, 4) is 0 Å². The van der Waals surface area contributed by atoms with Gasteiger partial charge in [0.1, 0.15) is 12.1 Å². The van der Waals surface area contributed by atoms with Gasteiger partial charge in [-0.2, -0.15) is 0 Å². The normalized spacial score (nSPS) is 15.8. The lowest BCUT2D eigenvalue weighted by atomic mass is 9.99. The molecule has 0 heterocycles. The van der Waals surface area contributed by atoms with Crippen molar-refractivity contribution >= 4 is 23.8 Å². The zero-order chi connectivity index (χ0) is 18.2. The summed E-state index contributed by atoms with van der Waals surface area (Å²) in [5.74, 6) is -4.72. The Bertz CT molecular complexity index is 455. The van der Waals surface area contributed by atoms with Crippen LogP contribution in [0.3, 0.4) is 0 Å². The summed E-state index contributed by atoms with van der Waals surface area (Å²) < 4.78 is 0. The number of aliphatic hydroxyl groups is 1. The highest BCUT2D eigenvalue weighted by Gasteiger charge is 2.30. The lowest BCUT2D eigenvalue weighted by molar-refractivity contribution is -0.144. The monoisotopic (exact) mass is 333 g/mol. The molecule has 0 rings (SSSR count). The van der Waals surface area contributed by atoms with Gasteiger partial charge in [-0.1, -0.05) is 20.3 Å². The highest BCUT2D eigenvalue weighted by Crippen LogP contribution is 2.08. The van der Waals surface area contributed by atoms with Gasteiger partial charge < -0.3 is 31.7 Å². The highest BCUT2D eigenvalue weighted by atomic mass is 16.4. The Labute approximate surface area is 133 Å². The number of aliphatic hydroxyl groups excluding tert-OH is 1. The van der Waals surface area contributed by atoms with E-state index in [1.165, 1.54) is 0 Å². The van der Waals surface area contributed by atoms with Crippen LogP contribution < -0.4 is 16.4 Å². The van der Waals surface area contributed by atoms with Gasteiger partial charge in [-0.25, -0.2) is 4.79 Å². The van der Waals surface area contributed by atoms with Crippen molar-refractivity contribution in [3.05, 3.63) is 0 Å². The third-order valence-corrected chi connectivity index (χ3v) is 3.32. The van der Waals surface area contributed by atoms with Crippen LogP contribution in [0.4, 0.5) is 0 Å². The average Bonchev–Trinajstić information content (AvgIpc) is 2.47. The first kappa shape index (κ1) is 20.8. The number of rotatable bonds is 10. The molecule has 0 radical (unpaired) electrons. The minimum Gasteiger partial charge on any atom is -0.481 e. The van der Waals surface area contributed by atoms with Gasteiger partial charge >= 0.3 is 11.9 Å². The van der Waals surface area contributed by atoms with Gasteiger partial charge in [0.15, 0.2) is 0 Å². The molecule has 0 unspecified atom stereocenters. The predicted octanol–water partition coefficient (Wildman–Crippen LogP) is -2.12. The van der Waals surface area contributed by atoms with Gasteiger partial charge in [-0.05, 0) is 5.92 Å². The number of hydrogen-bond acceptors (Lipinski definition) is 6. The molecule has 4 atom stereocenters. The van der Waals surface area contributed by atoms with E-state index in [-0.39, 0.29) is 5.92 Å². The number of hydrogen-bond donors (Lipinski definition) is 6. The smallest absolute Gasteiger partial charge is 0.326 e. The molecule has 0 saturated carbocycles. The van der Waals surface area contributed by atoms with Crippen LogP contribution in [0, 0.1) is 5.92 Å². The third-order valence-electron chi connectivity index (χ3n) is 3.32. The first-order valence-electron chi connectivity index (χ1n) is 7.05. The molecule has 23 heavy (non-hydrogen) atoms. The molecule has 0 bridgehead atoms. The minimum absolute atomic E-state index is 0.360. The minimum atomic E-state index is -1.42. The zero-order valence-corrected chi connectivity index (χ0v) is 13.0. The van der Waals surface area contributed by atoms with Crippen LogP contribution in [0.1, 0.15) is 26.7 Å². The fraction of sp³-hybridized carbons (Fsp3) is 0.692. The molecule has 7 N–H and O–H groups in total. The molecule has 0 aliphatic carbocycles. The summed E-state index contributed by atoms with van der Waals surface area (Å²) in [6.07, 6.45) is -0.146. The Morgan fingerprint density at radius 3 is 2.04 bits per heavy atom. The van der Waals surface area contributed by atoms with E-state index in [4.69, 9.17) is 15.9 Å². The second kappa shape index (κ2) is 9.74. The molecule has 0 aliphatic rings. The molecular weight excluding hydrogens is 310 g/mol. The molecule has 0 aromatic rings. The van der Waals surface area contributed by atoms with E-state index in [9.17, 15) is 24.3 Å². The molecule has 132 valence electrons. The van der Waals surface area contributed by atoms with E-state index in [1.807, 2.05) is 0 Å². The van der Waals surface area contributed by atoms with E-state index in [0.29, 0.717) is 6.42 Å². The van der Waals surface area contributed by atoms with E-state index in [1.54, 1.807) is 13.8 Å². The maximum Gasteiger partial charge on any atom is 0.326 e. The second-order valence-electron chi connectivity index (χ2n) is 5.16. The summed E-state index contributed by atoms with van der Waals surface area (Å²) in [5.41, 5.74) is 5.34. The van der Waals surface area contributed by atoms with Gasteiger partial charge in [0, 0.05) is 0 Å². The van der Waals surface area contributed by atoms with E-state index < -0.39 is 54.9 Å². The molecule has 10 nitrogen and oxygen atoms in total. The summed E-state index contributed by atoms with van der Waals surface area (Å²) >= 11 is 0. The van der Waals surface area contributed by atoms with Crippen LogP contribution in [0.5, 0.6) is 0 Å². The van der Waals surface area contributed by atoms with Crippen molar-refractivity contribution in [2.24, 2.45) is 11.7 Å². The van der Waals surface area contributed by atoms with Gasteiger partial charge in [0.25, 0.3) is 0 Å². The van der Waals surface area contributed by atoms with Gasteiger partial charge in [0.2, 0.25) is 11.8 Å². The van der Waals surface area contributed by atoms with E-state index >= 15 is 0 Å². The van der Waals surface area contributed by atoms with Crippen LogP contribution in [0.2, 0.25) is 0 Å². The number of amides is 2. The van der Waals surface area contributed by atoms with Crippen LogP contribution >= 0.6 is 0 Å². The topological polar surface area (TPSA) is 179 Å². The summed E-state index contributed by atoms with van der Waals surface area (Å²) in [7, 11) is 0. The summed E-state index contributed by atoms with van der Waals surface area (Å²) in [5, 5.41) is 31.1. The Balaban J connectivity index is 4.82. The largest absolute Gasteiger partial charge is 0.481 e. The van der Waals surface area contributed by atoms with Crippen molar-refractivity contribution in [2.75, 3.05) is 6.61 Å². The lowest BCUT2D eigenvalue weighted by Crippen LogP contribution is -2.57. The van der Waals surface area contributed by atoms with Gasteiger partial charge in [-0.15, -0.1) is 0 Å². The highest BCUT2D eigenvalue weighted by molar-refractivity contribution is 5.93. The van der Waals surface area contributed by atoms with Crippen molar-refractivity contribution in [2.45, 2.75) is 44.8 Å². The molecule has 0 aliphatic heterocycles. The summed E-state index contributed by atoms with van der Waals surface area (Å²) in [6.45, 7) is 2.60. The summed E-state index contributed by atoms with van der Waals surface area (Å²) in [4.78, 5) is 45.3. The van der Waals surface area contributed by atoms with Crippen LogP contribution in [0.15, 0.2) is 0 Å². The maximum absolute atomic E-state index is 12.0. The third kappa shape index (κ3) is 7.06. The van der Waals surface area contributed by atoms with Crippen molar-refractivity contribution in [3.63, 3.8) is 0 Å². The maximum atomic E-state index is 12.0. The van der Waals surface area contributed by atoms with Crippen LogP contribution in [0.25, 0.3) is 0 Å². The molecule has 10 heteroatoms. The summed E-state index contributed by atoms with van der Waals surface area (Å²) in [6, 6.07) is -3.99. The number of aliphatic carboxylic acids is 2. The molecule has 0 aromatic carbocycles. The van der Waals surface area contributed by atoms with Crippen LogP contribution in [-0.2, 0) is 19.2 Å².